The first-order valence-electron chi connectivity index (χ1n) is 9.43. The maximum atomic E-state index is 11.7. The van der Waals surface area contributed by atoms with Crippen molar-refractivity contribution in [1.82, 2.24) is 20.6 Å². The number of hydrogen-bond donors (Lipinski definition) is 2. The highest BCUT2D eigenvalue weighted by Crippen LogP contribution is 2.12. The molecule has 0 atom stereocenters. The summed E-state index contributed by atoms with van der Waals surface area (Å²) < 4.78 is 13.9. The van der Waals surface area contributed by atoms with E-state index in [2.05, 4.69) is 24.9 Å². The van der Waals surface area contributed by atoms with Gasteiger partial charge in [-0.15, -0.1) is 0 Å². The molecule has 1 fully saturated rings. The Balaban J connectivity index is 2.35. The third kappa shape index (κ3) is 9.91. The quantitative estimate of drug-likeness (QED) is 0.186. The normalized spacial score (nSPS) is 13.2. The van der Waals surface area contributed by atoms with Gasteiger partial charge >= 0.3 is 18.3 Å². The zero-order chi connectivity index (χ0) is 22.4. The van der Waals surface area contributed by atoms with E-state index in [9.17, 15) is 24.0 Å². The first kappa shape index (κ1) is 24.9. The second-order valence-corrected chi connectivity index (χ2v) is 6.16. The van der Waals surface area contributed by atoms with Gasteiger partial charge in [-0.3, -0.25) is 19.3 Å². The largest absolute Gasteiger partial charge is 0.534 e. The van der Waals surface area contributed by atoms with Crippen LogP contribution in [0.1, 0.15) is 25.7 Å². The number of ether oxygens (including phenoxy) is 3. The Morgan fingerprint density at radius 1 is 0.900 bits per heavy atom. The summed E-state index contributed by atoms with van der Waals surface area (Å²) in [5, 5.41) is 5.54. The van der Waals surface area contributed by atoms with Crippen molar-refractivity contribution in [2.24, 2.45) is 0 Å². The molecular weight excluding hydrogens is 404 g/mol. The third-order valence-corrected chi connectivity index (χ3v) is 4.01. The molecule has 1 rings (SSSR count). The molecule has 0 radical (unpaired) electrons. The van der Waals surface area contributed by atoms with Crippen molar-refractivity contribution < 1.29 is 43.0 Å². The zero-order valence-electron chi connectivity index (χ0n) is 17.1. The number of rotatable bonds is 12. The van der Waals surface area contributed by atoms with Crippen LogP contribution in [0.2, 0.25) is 0 Å². The molecule has 0 aromatic rings. The lowest BCUT2D eigenvalue weighted by molar-refractivity contribution is -0.177. The molecule has 1 aliphatic heterocycles. The van der Waals surface area contributed by atoms with Gasteiger partial charge in [-0.1, -0.05) is 5.06 Å². The molecule has 2 N–H and O–H groups in total. The summed E-state index contributed by atoms with van der Waals surface area (Å²) in [6.07, 6.45) is -0.972. The summed E-state index contributed by atoms with van der Waals surface area (Å²) in [5.74, 6) is -1.18. The Kier molecular flexibility index (Phi) is 11.6. The Bertz CT molecular complexity index is 574. The SMILES string of the molecule is COC(=O)NCCCN(CCCNC(=O)OC)CCOC(=O)ON1C(=O)CCC1=O. The lowest BCUT2D eigenvalue weighted by Gasteiger charge is -2.22. The summed E-state index contributed by atoms with van der Waals surface area (Å²) in [6, 6.07) is 0. The molecule has 0 unspecified atom stereocenters. The molecule has 13 nitrogen and oxygen atoms in total. The maximum Gasteiger partial charge on any atom is 0.534 e. The first-order valence-corrected chi connectivity index (χ1v) is 9.43. The van der Waals surface area contributed by atoms with Crippen LogP contribution in [0, 0.1) is 0 Å². The number of hydroxylamine groups is 2. The highest BCUT2D eigenvalue weighted by molar-refractivity contribution is 6.01. The van der Waals surface area contributed by atoms with Gasteiger partial charge in [-0.25, -0.2) is 14.4 Å². The zero-order valence-corrected chi connectivity index (χ0v) is 17.1. The summed E-state index contributed by atoms with van der Waals surface area (Å²) in [7, 11) is 2.55. The Morgan fingerprint density at radius 2 is 1.40 bits per heavy atom. The van der Waals surface area contributed by atoms with Crippen LogP contribution in [0.15, 0.2) is 0 Å². The number of methoxy groups -OCH3 is 2. The molecule has 1 heterocycles. The standard InChI is InChI=1S/C17H28N4O9/c1-27-15(24)18-7-3-9-20(10-4-8-19-16(25)28-2)11-12-29-17(26)30-21-13(22)5-6-14(21)23/h3-12H2,1-2H3,(H,18,24)(H,19,25). The minimum atomic E-state index is -1.14. The number of nitrogens with one attached hydrogen (secondary N) is 2. The fourth-order valence-corrected chi connectivity index (χ4v) is 2.48. The molecule has 0 spiro atoms. The highest BCUT2D eigenvalue weighted by Gasteiger charge is 2.33. The van der Waals surface area contributed by atoms with E-state index >= 15 is 0 Å². The Hall–Kier alpha value is -3.09. The second kappa shape index (κ2) is 14.0. The number of carbonyl (C=O) groups excluding carboxylic acids is 5. The summed E-state index contributed by atoms with van der Waals surface area (Å²) in [4.78, 5) is 63.2. The molecule has 1 saturated heterocycles. The number of nitrogens with zero attached hydrogens (tertiary/aromatic N) is 2. The first-order chi connectivity index (χ1) is 14.4. The van der Waals surface area contributed by atoms with Gasteiger partial charge in [-0.05, 0) is 25.9 Å². The van der Waals surface area contributed by atoms with Gasteiger partial charge in [0.1, 0.15) is 6.61 Å². The van der Waals surface area contributed by atoms with E-state index in [1.807, 2.05) is 4.90 Å². The van der Waals surface area contributed by atoms with Crippen molar-refractivity contribution in [3.63, 3.8) is 0 Å². The predicted octanol–water partition coefficient (Wildman–Crippen LogP) is -0.00220. The molecule has 0 aliphatic carbocycles. The van der Waals surface area contributed by atoms with E-state index in [0.717, 1.165) is 0 Å². The smallest absolute Gasteiger partial charge is 0.453 e. The van der Waals surface area contributed by atoms with Gasteiger partial charge in [0.15, 0.2) is 0 Å². The molecule has 13 heteroatoms. The second-order valence-electron chi connectivity index (χ2n) is 6.16. The van der Waals surface area contributed by atoms with E-state index in [-0.39, 0.29) is 19.4 Å². The van der Waals surface area contributed by atoms with Gasteiger partial charge in [0.2, 0.25) is 0 Å². The van der Waals surface area contributed by atoms with Gasteiger partial charge in [-0.2, -0.15) is 0 Å². The van der Waals surface area contributed by atoms with Crippen LogP contribution in [0.5, 0.6) is 0 Å². The van der Waals surface area contributed by atoms with Crippen LogP contribution >= 0.6 is 0 Å². The summed E-state index contributed by atoms with van der Waals surface area (Å²) in [5.41, 5.74) is 0. The van der Waals surface area contributed by atoms with Crippen molar-refractivity contribution in [2.45, 2.75) is 25.7 Å². The van der Waals surface area contributed by atoms with Gasteiger partial charge in [0.25, 0.3) is 11.8 Å². The minimum Gasteiger partial charge on any atom is -0.453 e. The van der Waals surface area contributed by atoms with Crippen LogP contribution in [0.3, 0.4) is 0 Å². The topological polar surface area (TPSA) is 153 Å². The van der Waals surface area contributed by atoms with Crippen molar-refractivity contribution in [3.8, 4) is 0 Å². The van der Waals surface area contributed by atoms with E-state index in [1.165, 1.54) is 14.2 Å². The number of amides is 4. The van der Waals surface area contributed by atoms with Crippen LogP contribution < -0.4 is 10.6 Å². The molecule has 1 aliphatic rings. The fourth-order valence-electron chi connectivity index (χ4n) is 2.48. The lowest BCUT2D eigenvalue weighted by Crippen LogP contribution is -2.36. The van der Waals surface area contributed by atoms with Crippen molar-refractivity contribution in [2.75, 3.05) is 53.6 Å². The van der Waals surface area contributed by atoms with Crippen LogP contribution in [0.25, 0.3) is 0 Å². The van der Waals surface area contributed by atoms with E-state index in [0.29, 0.717) is 50.6 Å². The molecule has 0 saturated carbocycles. The van der Waals surface area contributed by atoms with E-state index in [1.54, 1.807) is 0 Å². The van der Waals surface area contributed by atoms with E-state index < -0.39 is 30.2 Å². The molecule has 0 aromatic heterocycles. The van der Waals surface area contributed by atoms with Gasteiger partial charge < -0.3 is 24.8 Å². The highest BCUT2D eigenvalue weighted by atomic mass is 16.8. The molecule has 4 amide bonds. The maximum absolute atomic E-state index is 11.7. The summed E-state index contributed by atoms with van der Waals surface area (Å²) >= 11 is 0. The van der Waals surface area contributed by atoms with Gasteiger partial charge in [0, 0.05) is 32.5 Å². The van der Waals surface area contributed by atoms with Crippen molar-refractivity contribution >= 4 is 30.2 Å². The van der Waals surface area contributed by atoms with Crippen LogP contribution in [0.4, 0.5) is 14.4 Å². The molecular formula is C17H28N4O9. The van der Waals surface area contributed by atoms with Crippen molar-refractivity contribution in [1.29, 1.82) is 0 Å². The number of alkyl carbamates (subject to hydrolysis) is 2. The van der Waals surface area contributed by atoms with Gasteiger partial charge in [0.05, 0.1) is 14.2 Å². The minimum absolute atomic E-state index is 0.000883. The van der Waals surface area contributed by atoms with Crippen LogP contribution in [-0.2, 0) is 28.6 Å². The molecule has 170 valence electrons. The average molecular weight is 432 g/mol. The predicted molar refractivity (Wildman–Crippen MR) is 100 cm³/mol. The summed E-state index contributed by atoms with van der Waals surface area (Å²) in [6.45, 7) is 2.24. The fraction of sp³-hybridized carbons (Fsp3) is 0.706. The number of carbonyl (C=O) groups is 5. The average Bonchev–Trinajstić information content (AvgIpc) is 3.05. The van der Waals surface area contributed by atoms with E-state index in [4.69, 9.17) is 4.74 Å². The molecule has 0 bridgehead atoms. The van der Waals surface area contributed by atoms with Crippen molar-refractivity contribution in [3.05, 3.63) is 0 Å². The Labute approximate surface area is 173 Å². The number of imide groups is 1. The molecule has 0 aromatic carbocycles. The van der Waals surface area contributed by atoms with Crippen LogP contribution in [-0.4, -0.2) is 93.7 Å². The lowest BCUT2D eigenvalue weighted by atomic mass is 10.3. The number of hydrogen-bond acceptors (Lipinski definition) is 10. The Morgan fingerprint density at radius 3 is 1.87 bits per heavy atom. The molecule has 30 heavy (non-hydrogen) atoms. The monoisotopic (exact) mass is 432 g/mol. The third-order valence-electron chi connectivity index (χ3n) is 4.01.